The predicted octanol–water partition coefficient (Wildman–Crippen LogP) is 4.84. The summed E-state index contributed by atoms with van der Waals surface area (Å²) in [6, 6.07) is 5.99. The van der Waals surface area contributed by atoms with Crippen molar-refractivity contribution in [2.45, 2.75) is 0 Å². The van der Waals surface area contributed by atoms with Gasteiger partial charge in [-0.2, -0.15) is 15.1 Å². The minimum absolute atomic E-state index is 0.383. The fourth-order valence-electron chi connectivity index (χ4n) is 4.59. The summed E-state index contributed by atoms with van der Waals surface area (Å²) < 4.78 is 8.24. The highest BCUT2D eigenvalue weighted by Crippen LogP contribution is 2.38. The van der Waals surface area contributed by atoms with E-state index in [0.717, 1.165) is 56.5 Å². The van der Waals surface area contributed by atoms with Gasteiger partial charge in [0.25, 0.3) is 0 Å². The van der Waals surface area contributed by atoms with E-state index in [1.807, 2.05) is 44.7 Å². The van der Waals surface area contributed by atoms with Crippen LogP contribution in [-0.4, -0.2) is 94.3 Å². The fraction of sp³-hybridized carbons (Fsp3) is 0.310. The number of aromatic nitrogens is 7. The number of aryl methyl sites for hydroxylation is 1. The van der Waals surface area contributed by atoms with E-state index in [1.54, 1.807) is 30.4 Å². The molecule has 0 saturated carbocycles. The van der Waals surface area contributed by atoms with Crippen molar-refractivity contribution >= 4 is 69.1 Å². The first kappa shape index (κ1) is 30.5. The molecule has 1 aromatic carbocycles. The van der Waals surface area contributed by atoms with Gasteiger partial charge >= 0.3 is 0 Å². The third kappa shape index (κ3) is 6.84. The van der Waals surface area contributed by atoms with Crippen molar-refractivity contribution in [2.75, 3.05) is 70.2 Å². The lowest BCUT2D eigenvalue weighted by atomic mass is 10.1. The normalized spacial score (nSPS) is 11.4. The molecule has 14 heteroatoms. The second-order valence-electron chi connectivity index (χ2n) is 10.5. The van der Waals surface area contributed by atoms with Crippen molar-refractivity contribution in [2.24, 2.45) is 7.05 Å². The summed E-state index contributed by atoms with van der Waals surface area (Å²) in [4.78, 5) is 27.6. The SMILES string of the molecule is COc1nc(N(C)CCN(C)C)c(-c2cnn(C)c2)cc1Nc1ncc(Br)c(Nc2ccc3nccnc3c2P(C)C)n1. The Kier molecular flexibility index (Phi) is 9.34. The minimum atomic E-state index is -0.493. The molecule has 0 amide bonds. The van der Waals surface area contributed by atoms with Crippen LogP contribution in [0.4, 0.5) is 29.0 Å². The van der Waals surface area contributed by atoms with Gasteiger partial charge in [-0.3, -0.25) is 14.6 Å². The van der Waals surface area contributed by atoms with Crippen LogP contribution in [0.15, 0.2) is 53.7 Å². The van der Waals surface area contributed by atoms with Crippen molar-refractivity contribution in [3.05, 3.63) is 53.7 Å². The quantitative estimate of drug-likeness (QED) is 0.189. The van der Waals surface area contributed by atoms with E-state index in [4.69, 9.17) is 14.7 Å². The molecule has 0 aliphatic rings. The molecular formula is C29H35BrN11OP. The highest BCUT2D eigenvalue weighted by molar-refractivity contribution is 9.10. The van der Waals surface area contributed by atoms with E-state index >= 15 is 0 Å². The van der Waals surface area contributed by atoms with E-state index in [1.165, 1.54) is 0 Å². The topological polar surface area (TPSA) is 122 Å². The molecular weight excluding hydrogens is 629 g/mol. The lowest BCUT2D eigenvalue weighted by Gasteiger charge is -2.24. The van der Waals surface area contributed by atoms with Crippen LogP contribution in [0.3, 0.4) is 0 Å². The van der Waals surface area contributed by atoms with E-state index in [-0.39, 0.29) is 0 Å². The summed E-state index contributed by atoms with van der Waals surface area (Å²) in [7, 11) is 9.14. The van der Waals surface area contributed by atoms with Crippen LogP contribution in [0.2, 0.25) is 0 Å². The van der Waals surface area contributed by atoms with E-state index < -0.39 is 7.92 Å². The third-order valence-electron chi connectivity index (χ3n) is 6.73. The molecule has 4 heterocycles. The van der Waals surface area contributed by atoms with Crippen LogP contribution in [0.25, 0.3) is 22.2 Å². The average molecular weight is 665 g/mol. The van der Waals surface area contributed by atoms with Crippen LogP contribution in [-0.2, 0) is 7.05 Å². The van der Waals surface area contributed by atoms with Gasteiger partial charge in [0.2, 0.25) is 11.8 Å². The lowest BCUT2D eigenvalue weighted by molar-refractivity contribution is 0.398. The summed E-state index contributed by atoms with van der Waals surface area (Å²) >= 11 is 3.61. The molecule has 224 valence electrons. The van der Waals surface area contributed by atoms with Crippen LogP contribution in [0.1, 0.15) is 0 Å². The molecule has 0 radical (unpaired) electrons. The number of anilines is 5. The highest BCUT2D eigenvalue weighted by atomic mass is 79.9. The number of methoxy groups -OCH3 is 1. The first-order valence-corrected chi connectivity index (χ1v) is 16.6. The maximum absolute atomic E-state index is 5.74. The summed E-state index contributed by atoms with van der Waals surface area (Å²) in [6.45, 7) is 6.06. The number of nitrogens with one attached hydrogen (secondary N) is 2. The van der Waals surface area contributed by atoms with Crippen molar-refractivity contribution < 1.29 is 4.74 Å². The molecule has 0 unspecified atom stereocenters. The molecule has 5 aromatic rings. The van der Waals surface area contributed by atoms with E-state index in [0.29, 0.717) is 23.3 Å². The molecule has 2 N–H and O–H groups in total. The average Bonchev–Trinajstić information content (AvgIpc) is 3.43. The Balaban J connectivity index is 1.51. The zero-order chi connectivity index (χ0) is 30.7. The summed E-state index contributed by atoms with van der Waals surface area (Å²) in [5.41, 5.74) is 5.16. The largest absolute Gasteiger partial charge is 0.479 e. The number of likely N-dealkylation sites (N-methyl/N-ethyl adjacent to an activating group) is 2. The van der Waals surface area contributed by atoms with Gasteiger partial charge in [0.15, 0.2) is 0 Å². The number of halogens is 1. The number of rotatable bonds is 11. The molecule has 5 rings (SSSR count). The molecule has 0 bridgehead atoms. The van der Waals surface area contributed by atoms with Gasteiger partial charge in [0.05, 0.1) is 28.8 Å². The van der Waals surface area contributed by atoms with Crippen molar-refractivity contribution in [3.63, 3.8) is 0 Å². The zero-order valence-corrected chi connectivity index (χ0v) is 27.8. The molecule has 4 aromatic heterocycles. The number of benzene rings is 1. The molecule has 0 aliphatic heterocycles. The molecule has 0 saturated heterocycles. The summed E-state index contributed by atoms with van der Waals surface area (Å²) in [5.74, 6) is 2.21. The number of pyridine rings is 1. The van der Waals surface area contributed by atoms with Gasteiger partial charge in [0, 0.05) is 74.1 Å². The first-order chi connectivity index (χ1) is 20.6. The summed E-state index contributed by atoms with van der Waals surface area (Å²) in [6.07, 6.45) is 8.95. The molecule has 12 nitrogen and oxygen atoms in total. The van der Waals surface area contributed by atoms with Gasteiger partial charge in [0.1, 0.15) is 17.3 Å². The Morgan fingerprint density at radius 2 is 1.77 bits per heavy atom. The van der Waals surface area contributed by atoms with Gasteiger partial charge in [-0.05, 0) is 61.6 Å². The van der Waals surface area contributed by atoms with Crippen molar-refractivity contribution in [3.8, 4) is 17.0 Å². The van der Waals surface area contributed by atoms with Crippen LogP contribution < -0.4 is 25.6 Å². The van der Waals surface area contributed by atoms with Gasteiger partial charge < -0.3 is 25.2 Å². The second-order valence-corrected chi connectivity index (χ2v) is 13.6. The second kappa shape index (κ2) is 13.2. The molecule has 43 heavy (non-hydrogen) atoms. The zero-order valence-electron chi connectivity index (χ0n) is 25.3. The van der Waals surface area contributed by atoms with Crippen LogP contribution >= 0.6 is 23.9 Å². The first-order valence-electron chi connectivity index (χ1n) is 13.6. The van der Waals surface area contributed by atoms with Gasteiger partial charge in [-0.1, -0.05) is 7.92 Å². The van der Waals surface area contributed by atoms with Crippen molar-refractivity contribution in [1.29, 1.82) is 0 Å². The standard InChI is InChI=1S/C29H35BrN11OP/c1-39(2)12-13-40(3)27-19(18-15-34-41(4)17-18)14-23(28(38-27)42-5)36-29-33-16-20(30)26(37-29)35-22-9-8-21-24(25(22)43(6)7)32-11-10-31-21/h8-11,14-17H,12-13H2,1-7H3,(H2,33,35,36,37). The van der Waals surface area contributed by atoms with Crippen LogP contribution in [0.5, 0.6) is 5.88 Å². The molecule has 0 spiro atoms. The fourth-order valence-corrected chi connectivity index (χ4v) is 6.09. The Bertz CT molecular complexity index is 1740. The maximum atomic E-state index is 5.74. The van der Waals surface area contributed by atoms with Gasteiger partial charge in [-0.25, -0.2) is 4.98 Å². The maximum Gasteiger partial charge on any atom is 0.239 e. The van der Waals surface area contributed by atoms with E-state index in [2.05, 4.69) is 83.8 Å². The number of nitrogens with zero attached hydrogens (tertiary/aromatic N) is 9. The number of ether oxygens (including phenoxy) is 1. The minimum Gasteiger partial charge on any atom is -0.479 e. The number of hydrogen-bond donors (Lipinski definition) is 2. The monoisotopic (exact) mass is 663 g/mol. The molecule has 0 atom stereocenters. The van der Waals surface area contributed by atoms with Crippen molar-refractivity contribution in [1.82, 2.24) is 39.6 Å². The van der Waals surface area contributed by atoms with E-state index in [9.17, 15) is 0 Å². The molecule has 0 aliphatic carbocycles. The lowest BCUT2D eigenvalue weighted by Crippen LogP contribution is -2.29. The Morgan fingerprint density at radius 3 is 2.47 bits per heavy atom. The highest BCUT2D eigenvalue weighted by Gasteiger charge is 2.20. The number of hydrogen-bond acceptors (Lipinski definition) is 11. The number of fused-ring (bicyclic) bond motifs is 1. The van der Waals surface area contributed by atoms with Gasteiger partial charge in [-0.15, -0.1) is 0 Å². The smallest absolute Gasteiger partial charge is 0.239 e. The molecule has 0 fully saturated rings. The Hall–Kier alpha value is -3.93. The summed E-state index contributed by atoms with van der Waals surface area (Å²) in [5, 5.41) is 12.3. The van der Waals surface area contributed by atoms with Crippen LogP contribution in [0, 0.1) is 0 Å². The third-order valence-corrected chi connectivity index (χ3v) is 8.65. The predicted molar refractivity (Wildman–Crippen MR) is 179 cm³/mol. The Labute approximate surface area is 260 Å². The Morgan fingerprint density at radius 1 is 0.977 bits per heavy atom.